The van der Waals surface area contributed by atoms with E-state index >= 15 is 0 Å². The van der Waals surface area contributed by atoms with Crippen molar-refractivity contribution >= 4 is 43.7 Å². The summed E-state index contributed by atoms with van der Waals surface area (Å²) >= 11 is 1.46. The zero-order valence-corrected chi connectivity index (χ0v) is 24.3. The first-order valence-electron chi connectivity index (χ1n) is 13.5. The number of nitrogens with zero attached hydrogens (tertiary/aromatic N) is 7. The third-order valence-corrected chi connectivity index (χ3v) is 8.49. The van der Waals surface area contributed by atoms with E-state index in [9.17, 15) is 23.7 Å². The van der Waals surface area contributed by atoms with Gasteiger partial charge in [0.25, 0.3) is 0 Å². The van der Waals surface area contributed by atoms with Gasteiger partial charge in [0.1, 0.15) is 17.8 Å². The smallest absolute Gasteiger partial charge is 0.383 e. The summed E-state index contributed by atoms with van der Waals surface area (Å²) in [4.78, 5) is 8.60. The minimum Gasteiger partial charge on any atom is -0.383 e. The van der Waals surface area contributed by atoms with Crippen LogP contribution in [0.25, 0.3) is 21.0 Å². The molecule has 1 aromatic carbocycles. The number of alkyl halides is 3. The second-order valence-electron chi connectivity index (χ2n) is 11.9. The van der Waals surface area contributed by atoms with Crippen LogP contribution >= 0.6 is 11.3 Å². The van der Waals surface area contributed by atoms with E-state index < -0.39 is 17.8 Å². The number of nitrogens with one attached hydrogen (secondary N) is 2. The predicted octanol–water partition coefficient (Wildman–Crippen LogP) is 6.89. The molecule has 1 aliphatic carbocycles. The van der Waals surface area contributed by atoms with Gasteiger partial charge in [-0.3, -0.25) is 9.97 Å². The Balaban J connectivity index is 1.49. The molecule has 0 aliphatic heterocycles. The molecule has 0 spiro atoms. The molecule has 0 radical (unpaired) electrons. The van der Waals surface area contributed by atoms with Crippen molar-refractivity contribution in [2.75, 3.05) is 17.2 Å². The molecule has 0 amide bonds. The molecule has 9 nitrogen and oxygen atoms in total. The monoisotopic (exact) mass is 601 g/mol. The zero-order chi connectivity index (χ0) is 30.6. The van der Waals surface area contributed by atoms with Crippen molar-refractivity contribution in [3.05, 3.63) is 70.8 Å². The largest absolute Gasteiger partial charge is 0.413 e. The highest BCUT2D eigenvalue weighted by Gasteiger charge is 2.66. The number of fused-ring (bicyclic) bond motifs is 2. The van der Waals surface area contributed by atoms with Gasteiger partial charge in [-0.15, -0.1) is 16.4 Å². The maximum atomic E-state index is 13.9. The average Bonchev–Trinajstić information content (AvgIpc) is 3.47. The lowest BCUT2D eigenvalue weighted by Gasteiger charge is -2.22. The van der Waals surface area contributed by atoms with Crippen molar-refractivity contribution < 1.29 is 13.2 Å². The molecule has 1 aliphatic rings. The summed E-state index contributed by atoms with van der Waals surface area (Å²) in [5, 5.41) is 38.2. The fraction of sp³-hybridized carbons (Fsp3) is 0.333. The second kappa shape index (κ2) is 10.2. The highest BCUT2D eigenvalue weighted by Crippen LogP contribution is 2.55. The van der Waals surface area contributed by atoms with E-state index in [1.165, 1.54) is 23.7 Å². The molecular formula is C30H26F3N9S. The van der Waals surface area contributed by atoms with Crippen molar-refractivity contribution in [2.24, 2.45) is 5.41 Å². The summed E-state index contributed by atoms with van der Waals surface area (Å²) in [7, 11) is 0. The summed E-state index contributed by atoms with van der Waals surface area (Å²) in [6, 6.07) is 8.94. The maximum Gasteiger partial charge on any atom is 0.413 e. The van der Waals surface area contributed by atoms with Crippen LogP contribution in [0.2, 0.25) is 0 Å². The topological polar surface area (TPSA) is 128 Å². The maximum absolute atomic E-state index is 13.9. The second-order valence-corrected chi connectivity index (χ2v) is 12.8. The SMILES string of the molecule is CC(C)(C)CNc1c(C#N)cnc2c(C#N)cc(NC(c3cn(C4(C(F)(F)F)CC4)nn3)c3csc4cnccc34)cc12. The molecule has 1 fully saturated rings. The minimum absolute atomic E-state index is 0.0563. The Hall–Kier alpha value is -4.75. The first-order chi connectivity index (χ1) is 20.4. The van der Waals surface area contributed by atoms with Crippen LogP contribution in [-0.4, -0.2) is 37.7 Å². The summed E-state index contributed by atoms with van der Waals surface area (Å²) < 4.78 is 43.6. The molecule has 1 atom stereocenters. The summed E-state index contributed by atoms with van der Waals surface area (Å²) in [6.07, 6.45) is 1.61. The van der Waals surface area contributed by atoms with Crippen LogP contribution in [0.4, 0.5) is 24.5 Å². The van der Waals surface area contributed by atoms with Gasteiger partial charge in [0, 0.05) is 41.6 Å². The van der Waals surface area contributed by atoms with Gasteiger partial charge >= 0.3 is 6.18 Å². The highest BCUT2D eigenvalue weighted by atomic mass is 32.1. The van der Waals surface area contributed by atoms with Gasteiger partial charge in [-0.1, -0.05) is 26.0 Å². The van der Waals surface area contributed by atoms with E-state index in [0.29, 0.717) is 40.1 Å². The number of benzene rings is 1. The molecule has 2 N–H and O–H groups in total. The summed E-state index contributed by atoms with van der Waals surface area (Å²) in [5.41, 5.74) is 1.02. The van der Waals surface area contributed by atoms with Gasteiger partial charge in [-0.2, -0.15) is 23.7 Å². The Kier molecular flexibility index (Phi) is 6.74. The standard InChI is InChI=1S/C30H26F3N9S/c1-28(2,3)16-38-26-18(11-35)12-37-25-17(10-34)8-19(9-21(25)26)39-27(22-15-43-24-13-36-7-4-20(22)24)23-14-42(41-40-23)29(5-6-29)30(31,32)33/h4,7-9,12-15,27,39H,5-6,16H2,1-3H3,(H,37,38). The van der Waals surface area contributed by atoms with E-state index in [4.69, 9.17) is 0 Å². The number of halogens is 3. The molecule has 0 saturated heterocycles. The first kappa shape index (κ1) is 28.4. The van der Waals surface area contributed by atoms with Crippen molar-refractivity contribution in [1.29, 1.82) is 10.5 Å². The number of aromatic nitrogens is 5. The van der Waals surface area contributed by atoms with Crippen LogP contribution in [-0.2, 0) is 5.54 Å². The minimum atomic E-state index is -4.45. The molecule has 6 rings (SSSR count). The number of nitriles is 2. The van der Waals surface area contributed by atoms with Crippen molar-refractivity contribution in [2.45, 2.75) is 51.4 Å². The number of rotatable bonds is 7. The highest BCUT2D eigenvalue weighted by molar-refractivity contribution is 7.17. The Morgan fingerprint density at radius 1 is 1.09 bits per heavy atom. The molecule has 0 bridgehead atoms. The third-order valence-electron chi connectivity index (χ3n) is 7.53. The van der Waals surface area contributed by atoms with Crippen LogP contribution in [0, 0.1) is 28.1 Å². The summed E-state index contributed by atoms with van der Waals surface area (Å²) in [5.74, 6) is 0. The fourth-order valence-corrected chi connectivity index (χ4v) is 6.03. The number of pyridine rings is 2. The van der Waals surface area contributed by atoms with Crippen molar-refractivity contribution in [1.82, 2.24) is 25.0 Å². The van der Waals surface area contributed by atoms with E-state index in [2.05, 4.69) is 63.8 Å². The van der Waals surface area contributed by atoms with Crippen LogP contribution in [0.3, 0.4) is 0 Å². The lowest BCUT2D eigenvalue weighted by molar-refractivity contribution is -0.182. The first-order valence-corrected chi connectivity index (χ1v) is 14.4. The lowest BCUT2D eigenvalue weighted by Crippen LogP contribution is -2.35. The molecule has 1 saturated carbocycles. The molecule has 4 aromatic heterocycles. The summed E-state index contributed by atoms with van der Waals surface area (Å²) in [6.45, 7) is 6.74. The van der Waals surface area contributed by atoms with Gasteiger partial charge < -0.3 is 10.6 Å². The Labute approximate surface area is 249 Å². The van der Waals surface area contributed by atoms with Crippen LogP contribution in [0.15, 0.2) is 48.4 Å². The number of anilines is 2. The van der Waals surface area contributed by atoms with Gasteiger partial charge in [0.05, 0.1) is 39.3 Å². The van der Waals surface area contributed by atoms with E-state index in [-0.39, 0.29) is 23.8 Å². The fourth-order valence-electron chi connectivity index (χ4n) is 5.08. The Bertz CT molecular complexity index is 1940. The van der Waals surface area contributed by atoms with Gasteiger partial charge in [-0.25, -0.2) is 4.68 Å². The number of hydrogen-bond acceptors (Lipinski definition) is 9. The van der Waals surface area contributed by atoms with Crippen LogP contribution in [0.5, 0.6) is 0 Å². The van der Waals surface area contributed by atoms with Crippen molar-refractivity contribution in [3.63, 3.8) is 0 Å². The van der Waals surface area contributed by atoms with Crippen LogP contribution in [0.1, 0.15) is 62.0 Å². The van der Waals surface area contributed by atoms with E-state index in [1.807, 2.05) is 11.4 Å². The van der Waals surface area contributed by atoms with Gasteiger partial charge in [0.15, 0.2) is 5.54 Å². The molecule has 1 unspecified atom stereocenters. The molecule has 218 valence electrons. The van der Waals surface area contributed by atoms with Gasteiger partial charge in [-0.05, 0) is 47.4 Å². The number of thiophene rings is 1. The normalized spacial score (nSPS) is 15.2. The molecular weight excluding hydrogens is 575 g/mol. The molecule has 13 heteroatoms. The van der Waals surface area contributed by atoms with Gasteiger partial charge in [0.2, 0.25) is 0 Å². The molecule has 43 heavy (non-hydrogen) atoms. The average molecular weight is 602 g/mol. The quantitative estimate of drug-likeness (QED) is 0.206. The zero-order valence-electron chi connectivity index (χ0n) is 23.5. The molecule has 4 heterocycles. The van der Waals surface area contributed by atoms with E-state index in [0.717, 1.165) is 20.3 Å². The molecule has 5 aromatic rings. The number of hydrogen-bond donors (Lipinski definition) is 2. The Morgan fingerprint density at radius 3 is 2.53 bits per heavy atom. The van der Waals surface area contributed by atoms with E-state index in [1.54, 1.807) is 24.5 Å². The van der Waals surface area contributed by atoms with Crippen molar-refractivity contribution in [3.8, 4) is 12.1 Å². The van der Waals surface area contributed by atoms with Crippen LogP contribution < -0.4 is 10.6 Å². The third kappa shape index (κ3) is 5.10. The predicted molar refractivity (Wildman–Crippen MR) is 157 cm³/mol. The Morgan fingerprint density at radius 2 is 1.86 bits per heavy atom. The lowest BCUT2D eigenvalue weighted by atomic mass is 9.96.